The van der Waals surface area contributed by atoms with Crippen LogP contribution in [0.2, 0.25) is 5.02 Å². The van der Waals surface area contributed by atoms with Crippen molar-refractivity contribution in [3.05, 3.63) is 34.7 Å². The first-order valence-corrected chi connectivity index (χ1v) is 8.48. The van der Waals surface area contributed by atoms with Crippen molar-refractivity contribution in [2.45, 2.75) is 13.5 Å². The predicted octanol–water partition coefficient (Wildman–Crippen LogP) is 2.31. The molecule has 6 heteroatoms. The number of aromatic nitrogens is 2. The van der Waals surface area contributed by atoms with Gasteiger partial charge in [0, 0.05) is 38.3 Å². The molecule has 0 aliphatic carbocycles. The van der Waals surface area contributed by atoms with Crippen LogP contribution in [0, 0.1) is 12.8 Å². The van der Waals surface area contributed by atoms with Crippen molar-refractivity contribution < 1.29 is 4.74 Å². The van der Waals surface area contributed by atoms with Crippen molar-refractivity contribution in [1.29, 1.82) is 0 Å². The summed E-state index contributed by atoms with van der Waals surface area (Å²) >= 11 is 6.16. The summed E-state index contributed by atoms with van der Waals surface area (Å²) in [6, 6.07) is 3.86. The fourth-order valence-corrected chi connectivity index (χ4v) is 3.47. The van der Waals surface area contributed by atoms with Gasteiger partial charge < -0.3 is 14.0 Å². The summed E-state index contributed by atoms with van der Waals surface area (Å²) in [6.45, 7) is 7.63. The number of halogens is 1. The van der Waals surface area contributed by atoms with Gasteiger partial charge in [-0.15, -0.1) is 0 Å². The average molecular weight is 337 g/mol. The Kier molecular flexibility index (Phi) is 5.21. The smallest absolute Gasteiger partial charge is 0.137 e. The fourth-order valence-electron chi connectivity index (χ4n) is 3.31. The molecule has 3 heterocycles. The summed E-state index contributed by atoms with van der Waals surface area (Å²) in [5.41, 5.74) is 3.24. The summed E-state index contributed by atoms with van der Waals surface area (Å²) in [5, 5.41) is 0.737. The summed E-state index contributed by atoms with van der Waals surface area (Å²) in [6.07, 6.45) is 1.96. The van der Waals surface area contributed by atoms with Gasteiger partial charge in [-0.1, -0.05) is 11.6 Å². The highest BCUT2D eigenvalue weighted by atomic mass is 35.5. The standard InChI is InChI=1S/C17H25ClN4O/c1-13-16(22-10-15(18)4-5-17(22)19-13)11-21-6-7-23-12-14(9-21)8-20(2)3/h4-5,10,14H,6-9,11-12H2,1-3H3/t14-/m1/s1. The molecule has 0 N–H and O–H groups in total. The number of hydrogen-bond donors (Lipinski definition) is 0. The van der Waals surface area contributed by atoms with E-state index in [2.05, 4.69) is 40.2 Å². The third-order valence-electron chi connectivity index (χ3n) is 4.30. The fraction of sp³-hybridized carbons (Fsp3) is 0.588. The summed E-state index contributed by atoms with van der Waals surface area (Å²) < 4.78 is 7.90. The molecular formula is C17H25ClN4O. The summed E-state index contributed by atoms with van der Waals surface area (Å²) in [5.74, 6) is 0.538. The highest BCUT2D eigenvalue weighted by Crippen LogP contribution is 2.19. The van der Waals surface area contributed by atoms with E-state index in [0.717, 1.165) is 55.8 Å². The van der Waals surface area contributed by atoms with Crippen LogP contribution in [0.15, 0.2) is 18.3 Å². The zero-order valence-corrected chi connectivity index (χ0v) is 14.9. The molecule has 1 aliphatic rings. The molecule has 0 amide bonds. The molecular weight excluding hydrogens is 312 g/mol. The summed E-state index contributed by atoms with van der Waals surface area (Å²) in [7, 11) is 4.23. The van der Waals surface area contributed by atoms with Gasteiger partial charge in [0.2, 0.25) is 0 Å². The second-order valence-corrected chi connectivity index (χ2v) is 7.09. The third-order valence-corrected chi connectivity index (χ3v) is 4.52. The molecule has 1 atom stereocenters. The van der Waals surface area contributed by atoms with Gasteiger partial charge in [-0.2, -0.15) is 0 Å². The number of imidazole rings is 1. The molecule has 1 saturated heterocycles. The maximum Gasteiger partial charge on any atom is 0.137 e. The van der Waals surface area contributed by atoms with E-state index >= 15 is 0 Å². The molecule has 1 fully saturated rings. The maximum absolute atomic E-state index is 6.16. The Balaban J connectivity index is 1.80. The Hall–Kier alpha value is -1.14. The summed E-state index contributed by atoms with van der Waals surface area (Å²) in [4.78, 5) is 9.35. The van der Waals surface area contributed by atoms with Crippen molar-refractivity contribution in [2.24, 2.45) is 5.92 Å². The maximum atomic E-state index is 6.16. The lowest BCUT2D eigenvalue weighted by molar-refractivity contribution is 0.112. The van der Waals surface area contributed by atoms with Crippen LogP contribution in [0.5, 0.6) is 0 Å². The lowest BCUT2D eigenvalue weighted by Crippen LogP contribution is -2.34. The van der Waals surface area contributed by atoms with Crippen LogP contribution in [-0.2, 0) is 11.3 Å². The monoisotopic (exact) mass is 336 g/mol. The van der Waals surface area contributed by atoms with Crippen LogP contribution < -0.4 is 0 Å². The molecule has 0 radical (unpaired) electrons. The van der Waals surface area contributed by atoms with Crippen LogP contribution >= 0.6 is 11.6 Å². The van der Waals surface area contributed by atoms with Gasteiger partial charge in [0.05, 0.1) is 29.6 Å². The number of aryl methyl sites for hydroxylation is 1. The van der Waals surface area contributed by atoms with E-state index in [1.807, 2.05) is 18.3 Å². The van der Waals surface area contributed by atoms with Gasteiger partial charge in [-0.05, 0) is 33.2 Å². The van der Waals surface area contributed by atoms with E-state index in [4.69, 9.17) is 16.3 Å². The number of fused-ring (bicyclic) bond motifs is 1. The molecule has 3 rings (SSSR count). The second kappa shape index (κ2) is 7.18. The Morgan fingerprint density at radius 2 is 2.22 bits per heavy atom. The molecule has 0 unspecified atom stereocenters. The minimum Gasteiger partial charge on any atom is -0.380 e. The number of nitrogens with zero attached hydrogens (tertiary/aromatic N) is 4. The lowest BCUT2D eigenvalue weighted by Gasteiger charge is -2.25. The van der Waals surface area contributed by atoms with Crippen molar-refractivity contribution >= 4 is 17.2 Å². The minimum absolute atomic E-state index is 0.538. The van der Waals surface area contributed by atoms with E-state index in [-0.39, 0.29) is 0 Å². The van der Waals surface area contributed by atoms with Gasteiger partial charge in [-0.25, -0.2) is 4.98 Å². The van der Waals surface area contributed by atoms with Gasteiger partial charge in [0.15, 0.2) is 0 Å². The molecule has 0 spiro atoms. The molecule has 126 valence electrons. The first-order chi connectivity index (χ1) is 11.0. The van der Waals surface area contributed by atoms with Gasteiger partial charge in [-0.3, -0.25) is 4.90 Å². The number of rotatable bonds is 4. The SMILES string of the molecule is Cc1nc2ccc(Cl)cn2c1CN1CCOC[C@H](CN(C)C)C1. The minimum atomic E-state index is 0.538. The van der Waals surface area contributed by atoms with Crippen LogP contribution in [0.25, 0.3) is 5.65 Å². The zero-order valence-electron chi connectivity index (χ0n) is 14.1. The van der Waals surface area contributed by atoms with E-state index in [9.17, 15) is 0 Å². The average Bonchev–Trinajstić information content (AvgIpc) is 2.66. The normalized spacial score (nSPS) is 20.3. The van der Waals surface area contributed by atoms with Crippen LogP contribution in [0.3, 0.4) is 0 Å². The van der Waals surface area contributed by atoms with Crippen LogP contribution in [0.4, 0.5) is 0 Å². The molecule has 0 saturated carbocycles. The van der Waals surface area contributed by atoms with Gasteiger partial charge in [0.25, 0.3) is 0 Å². The molecule has 23 heavy (non-hydrogen) atoms. The molecule has 2 aromatic heterocycles. The molecule has 0 aromatic carbocycles. The Bertz CT molecular complexity index is 670. The van der Waals surface area contributed by atoms with Gasteiger partial charge >= 0.3 is 0 Å². The Morgan fingerprint density at radius 1 is 1.39 bits per heavy atom. The van der Waals surface area contributed by atoms with E-state index in [1.165, 1.54) is 5.69 Å². The molecule has 2 aromatic rings. The highest BCUT2D eigenvalue weighted by molar-refractivity contribution is 6.30. The quantitative estimate of drug-likeness (QED) is 0.858. The number of ether oxygens (including phenoxy) is 1. The van der Waals surface area contributed by atoms with Crippen LogP contribution in [-0.4, -0.2) is 66.1 Å². The lowest BCUT2D eigenvalue weighted by atomic mass is 10.1. The Morgan fingerprint density at radius 3 is 3.00 bits per heavy atom. The highest BCUT2D eigenvalue weighted by Gasteiger charge is 2.21. The topological polar surface area (TPSA) is 33.0 Å². The van der Waals surface area contributed by atoms with E-state index in [0.29, 0.717) is 5.92 Å². The first-order valence-electron chi connectivity index (χ1n) is 8.11. The number of pyridine rings is 1. The zero-order chi connectivity index (χ0) is 16.4. The largest absolute Gasteiger partial charge is 0.380 e. The van der Waals surface area contributed by atoms with Crippen molar-refractivity contribution in [1.82, 2.24) is 19.2 Å². The van der Waals surface area contributed by atoms with Crippen molar-refractivity contribution in [3.63, 3.8) is 0 Å². The van der Waals surface area contributed by atoms with E-state index in [1.54, 1.807) is 0 Å². The van der Waals surface area contributed by atoms with Crippen molar-refractivity contribution in [2.75, 3.05) is 46.9 Å². The Labute approximate surface area is 142 Å². The predicted molar refractivity (Wildman–Crippen MR) is 93.1 cm³/mol. The first kappa shape index (κ1) is 16.7. The van der Waals surface area contributed by atoms with Gasteiger partial charge in [0.1, 0.15) is 5.65 Å². The molecule has 1 aliphatic heterocycles. The third kappa shape index (κ3) is 4.04. The second-order valence-electron chi connectivity index (χ2n) is 6.66. The van der Waals surface area contributed by atoms with Crippen molar-refractivity contribution in [3.8, 4) is 0 Å². The van der Waals surface area contributed by atoms with E-state index < -0.39 is 0 Å². The van der Waals surface area contributed by atoms with Crippen LogP contribution in [0.1, 0.15) is 11.4 Å². The molecule has 5 nitrogen and oxygen atoms in total. The number of hydrogen-bond acceptors (Lipinski definition) is 4. The molecule has 0 bridgehead atoms.